The molecule has 3 rings (SSSR count). The summed E-state index contributed by atoms with van der Waals surface area (Å²) in [5.41, 5.74) is 2.75. The van der Waals surface area contributed by atoms with Gasteiger partial charge in [0.2, 0.25) is 10.0 Å². The number of carbonyl (C=O) groups excluding carboxylic acids is 1. The lowest BCUT2D eigenvalue weighted by Crippen LogP contribution is -2.44. The van der Waals surface area contributed by atoms with Gasteiger partial charge in [-0.1, -0.05) is 12.1 Å². The van der Waals surface area contributed by atoms with Gasteiger partial charge in [0.05, 0.1) is 11.9 Å². The smallest absolute Gasteiger partial charge is 0.261 e. The number of benzene rings is 2. The second-order valence-corrected chi connectivity index (χ2v) is 10.2. The van der Waals surface area contributed by atoms with Crippen molar-refractivity contribution in [3.63, 3.8) is 0 Å². The summed E-state index contributed by atoms with van der Waals surface area (Å²) in [6.45, 7) is 6.27. The van der Waals surface area contributed by atoms with E-state index in [9.17, 15) is 13.2 Å². The molecule has 0 spiro atoms. The summed E-state index contributed by atoms with van der Waals surface area (Å²) >= 11 is 0. The highest BCUT2D eigenvalue weighted by Crippen LogP contribution is 2.21. The second kappa shape index (κ2) is 10.2. The van der Waals surface area contributed by atoms with Crippen molar-refractivity contribution in [2.24, 2.45) is 0 Å². The Labute approximate surface area is 190 Å². The number of amides is 1. The van der Waals surface area contributed by atoms with Crippen molar-refractivity contribution in [2.75, 3.05) is 55.7 Å². The number of hydrogen-bond donors (Lipinski definition) is 1. The predicted octanol–water partition coefficient (Wildman–Crippen LogP) is 1.92. The summed E-state index contributed by atoms with van der Waals surface area (Å²) in [4.78, 5) is 17.1. The van der Waals surface area contributed by atoms with Crippen molar-refractivity contribution >= 4 is 27.3 Å². The Hall–Kier alpha value is -2.78. The van der Waals surface area contributed by atoms with Gasteiger partial charge in [0.1, 0.15) is 5.75 Å². The Morgan fingerprint density at radius 2 is 1.66 bits per heavy atom. The average molecular weight is 461 g/mol. The summed E-state index contributed by atoms with van der Waals surface area (Å²) in [6.07, 6.45) is 0.460. The quantitative estimate of drug-likeness (QED) is 0.648. The minimum atomic E-state index is -3.33. The number of piperazine rings is 1. The highest BCUT2D eigenvalue weighted by Gasteiger charge is 2.17. The fourth-order valence-electron chi connectivity index (χ4n) is 3.41. The first kappa shape index (κ1) is 23.9. The molecule has 2 aromatic carbocycles. The number of likely N-dealkylation sites (N-methyl/N-ethyl adjacent to an activating group) is 1. The average Bonchev–Trinajstić information content (AvgIpc) is 2.77. The molecule has 1 atom stereocenters. The van der Waals surface area contributed by atoms with Crippen LogP contribution in [0.4, 0.5) is 11.4 Å². The molecule has 1 N–H and O–H groups in total. The van der Waals surface area contributed by atoms with E-state index in [-0.39, 0.29) is 5.91 Å². The molecule has 1 fully saturated rings. The topological polar surface area (TPSA) is 82.2 Å². The number of hydrogen-bond acceptors (Lipinski definition) is 6. The van der Waals surface area contributed by atoms with Gasteiger partial charge in [0, 0.05) is 45.5 Å². The molecule has 1 aliphatic heterocycles. The third-order valence-electron chi connectivity index (χ3n) is 5.65. The molecule has 2 aromatic rings. The number of anilines is 2. The molecule has 9 heteroatoms. The lowest BCUT2D eigenvalue weighted by atomic mass is 10.1. The van der Waals surface area contributed by atoms with Crippen molar-refractivity contribution in [3.8, 4) is 5.75 Å². The van der Waals surface area contributed by atoms with E-state index in [0.717, 1.165) is 38.0 Å². The second-order valence-electron chi connectivity index (χ2n) is 8.16. The van der Waals surface area contributed by atoms with E-state index in [2.05, 4.69) is 34.3 Å². The third kappa shape index (κ3) is 6.37. The van der Waals surface area contributed by atoms with Gasteiger partial charge < -0.3 is 19.9 Å². The molecule has 0 radical (unpaired) electrons. The number of nitrogens with one attached hydrogen (secondary N) is 1. The van der Waals surface area contributed by atoms with Crippen LogP contribution < -0.4 is 19.3 Å². The van der Waals surface area contributed by atoms with Crippen LogP contribution in [0, 0.1) is 0 Å². The normalized spacial score (nSPS) is 15.8. The molecule has 0 bridgehead atoms. The van der Waals surface area contributed by atoms with Gasteiger partial charge in [-0.05, 0) is 55.9 Å². The highest BCUT2D eigenvalue weighted by atomic mass is 32.2. The van der Waals surface area contributed by atoms with Gasteiger partial charge in [-0.3, -0.25) is 9.10 Å². The number of sulfonamides is 1. The van der Waals surface area contributed by atoms with Crippen molar-refractivity contribution in [2.45, 2.75) is 19.6 Å². The molecule has 1 heterocycles. The molecule has 0 saturated carbocycles. The van der Waals surface area contributed by atoms with Crippen molar-refractivity contribution in [3.05, 3.63) is 54.1 Å². The van der Waals surface area contributed by atoms with Crippen molar-refractivity contribution in [1.29, 1.82) is 0 Å². The fraction of sp³-hybridized carbons (Fsp3) is 0.435. The van der Waals surface area contributed by atoms with E-state index in [1.165, 1.54) is 17.0 Å². The van der Waals surface area contributed by atoms with E-state index < -0.39 is 16.1 Å². The lowest BCUT2D eigenvalue weighted by Gasteiger charge is -2.34. The zero-order chi connectivity index (χ0) is 23.3. The van der Waals surface area contributed by atoms with Crippen LogP contribution in [0.25, 0.3) is 0 Å². The first-order valence-corrected chi connectivity index (χ1v) is 12.5. The summed E-state index contributed by atoms with van der Waals surface area (Å²) in [5, 5.41) is 2.90. The maximum absolute atomic E-state index is 12.4. The van der Waals surface area contributed by atoms with Crippen LogP contribution in [-0.2, 0) is 21.4 Å². The molecule has 1 amide bonds. The molecular formula is C23H32N4O4S. The van der Waals surface area contributed by atoms with Crippen LogP contribution in [0.2, 0.25) is 0 Å². The molecule has 0 aromatic heterocycles. The minimum Gasteiger partial charge on any atom is -0.481 e. The molecule has 0 aliphatic carbocycles. The third-order valence-corrected chi connectivity index (χ3v) is 6.86. The molecule has 32 heavy (non-hydrogen) atoms. The zero-order valence-electron chi connectivity index (χ0n) is 19.1. The Bertz CT molecular complexity index is 1000. The van der Waals surface area contributed by atoms with E-state index in [1.807, 2.05) is 12.1 Å². The highest BCUT2D eigenvalue weighted by molar-refractivity contribution is 7.92. The summed E-state index contributed by atoms with van der Waals surface area (Å²) in [5.74, 6) is 0.278. The number of rotatable bonds is 8. The number of carbonyl (C=O) groups is 1. The van der Waals surface area contributed by atoms with Gasteiger partial charge >= 0.3 is 0 Å². The molecular weight excluding hydrogens is 428 g/mol. The van der Waals surface area contributed by atoms with Gasteiger partial charge in [-0.15, -0.1) is 0 Å². The van der Waals surface area contributed by atoms with Gasteiger partial charge in [0.15, 0.2) is 6.10 Å². The van der Waals surface area contributed by atoms with Gasteiger partial charge in [0.25, 0.3) is 5.91 Å². The SMILES string of the molecule is C[C@@H](Oc1ccc(N(C)S(C)(=O)=O)cc1)C(=O)NCc1ccc(N2CCN(C)CC2)cc1. The molecule has 1 saturated heterocycles. The van der Waals surface area contributed by atoms with Gasteiger partial charge in [-0.2, -0.15) is 0 Å². The van der Waals surface area contributed by atoms with Crippen molar-refractivity contribution in [1.82, 2.24) is 10.2 Å². The monoisotopic (exact) mass is 460 g/mol. The summed E-state index contributed by atoms with van der Waals surface area (Å²) in [7, 11) is 0.298. The molecule has 1 aliphatic rings. The lowest BCUT2D eigenvalue weighted by molar-refractivity contribution is -0.127. The van der Waals surface area contributed by atoms with Crippen LogP contribution in [0.3, 0.4) is 0 Å². The Morgan fingerprint density at radius 3 is 2.22 bits per heavy atom. The van der Waals surface area contributed by atoms with E-state index in [0.29, 0.717) is 18.0 Å². The maximum atomic E-state index is 12.4. The molecule has 174 valence electrons. The fourth-order valence-corrected chi connectivity index (χ4v) is 3.91. The largest absolute Gasteiger partial charge is 0.481 e. The number of ether oxygens (including phenoxy) is 1. The van der Waals surface area contributed by atoms with Crippen LogP contribution in [0.15, 0.2) is 48.5 Å². The van der Waals surface area contributed by atoms with Crippen LogP contribution in [0.1, 0.15) is 12.5 Å². The summed E-state index contributed by atoms with van der Waals surface area (Å²) < 4.78 is 30.1. The minimum absolute atomic E-state index is 0.217. The summed E-state index contributed by atoms with van der Waals surface area (Å²) in [6, 6.07) is 14.9. The molecule has 8 nitrogen and oxygen atoms in total. The number of nitrogens with zero attached hydrogens (tertiary/aromatic N) is 3. The first-order valence-electron chi connectivity index (χ1n) is 10.6. The zero-order valence-corrected chi connectivity index (χ0v) is 19.9. The van der Waals surface area contributed by atoms with Crippen LogP contribution in [0.5, 0.6) is 5.75 Å². The predicted molar refractivity (Wildman–Crippen MR) is 128 cm³/mol. The Morgan fingerprint density at radius 1 is 1.06 bits per heavy atom. The maximum Gasteiger partial charge on any atom is 0.261 e. The van der Waals surface area contributed by atoms with Crippen LogP contribution >= 0.6 is 0 Å². The van der Waals surface area contributed by atoms with E-state index >= 15 is 0 Å². The van der Waals surface area contributed by atoms with Crippen LogP contribution in [-0.4, -0.2) is 71.9 Å². The van der Waals surface area contributed by atoms with E-state index in [4.69, 9.17) is 4.74 Å². The first-order chi connectivity index (χ1) is 15.1. The Balaban J connectivity index is 1.48. The Kier molecular flexibility index (Phi) is 7.63. The molecule has 0 unspecified atom stereocenters. The van der Waals surface area contributed by atoms with E-state index in [1.54, 1.807) is 31.2 Å². The van der Waals surface area contributed by atoms with Gasteiger partial charge in [-0.25, -0.2) is 8.42 Å². The van der Waals surface area contributed by atoms with Crippen molar-refractivity contribution < 1.29 is 17.9 Å². The standard InChI is InChI=1S/C23H32N4O4S/c1-18(31-22-11-9-20(10-12-22)26(3)32(4,29)30)23(28)24-17-19-5-7-21(8-6-19)27-15-13-25(2)14-16-27/h5-12,18H,13-17H2,1-4H3,(H,24,28)/t18-/m1/s1.